The summed E-state index contributed by atoms with van der Waals surface area (Å²) in [5.41, 5.74) is 0. The molecule has 0 bridgehead atoms. The normalized spacial score (nSPS) is 33.7. The van der Waals surface area contributed by atoms with Crippen LogP contribution in [0.4, 0.5) is 0 Å². The fourth-order valence-corrected chi connectivity index (χ4v) is 4.50. The number of rotatable bonds is 3. The average Bonchev–Trinajstić information content (AvgIpc) is 2.89. The zero-order valence-corrected chi connectivity index (χ0v) is 9.54. The van der Waals surface area contributed by atoms with E-state index in [-0.39, 0.29) is 17.9 Å². The SMILES string of the molecule is O=S(=O)(C1CCNC1)N1CCCC1CO. The molecule has 0 aromatic heterocycles. The van der Waals surface area contributed by atoms with Gasteiger partial charge in [-0.05, 0) is 25.8 Å². The lowest BCUT2D eigenvalue weighted by molar-refractivity contribution is 0.212. The number of sulfonamides is 1. The van der Waals surface area contributed by atoms with Crippen LogP contribution in [0.1, 0.15) is 19.3 Å². The number of aliphatic hydroxyl groups excluding tert-OH is 1. The van der Waals surface area contributed by atoms with E-state index in [1.165, 1.54) is 4.31 Å². The summed E-state index contributed by atoms with van der Waals surface area (Å²) >= 11 is 0. The number of nitrogens with one attached hydrogen (secondary N) is 1. The van der Waals surface area contributed by atoms with E-state index in [9.17, 15) is 8.42 Å². The molecule has 6 heteroatoms. The monoisotopic (exact) mass is 234 g/mol. The van der Waals surface area contributed by atoms with E-state index in [1.54, 1.807) is 0 Å². The lowest BCUT2D eigenvalue weighted by Crippen LogP contribution is -2.43. The van der Waals surface area contributed by atoms with Crippen molar-refractivity contribution in [2.75, 3.05) is 26.2 Å². The fraction of sp³-hybridized carbons (Fsp3) is 1.00. The van der Waals surface area contributed by atoms with Crippen LogP contribution in [0.3, 0.4) is 0 Å². The van der Waals surface area contributed by atoms with Crippen LogP contribution < -0.4 is 5.32 Å². The molecule has 0 saturated carbocycles. The molecular weight excluding hydrogens is 216 g/mol. The van der Waals surface area contributed by atoms with Crippen LogP contribution in [0.25, 0.3) is 0 Å². The Hall–Kier alpha value is -0.170. The van der Waals surface area contributed by atoms with Gasteiger partial charge < -0.3 is 10.4 Å². The average molecular weight is 234 g/mol. The predicted octanol–water partition coefficient (Wildman–Crippen LogP) is -0.865. The summed E-state index contributed by atoms with van der Waals surface area (Å²) in [5.74, 6) is 0. The lowest BCUT2D eigenvalue weighted by Gasteiger charge is -2.25. The van der Waals surface area contributed by atoms with Crippen LogP contribution in [0.5, 0.6) is 0 Å². The van der Waals surface area contributed by atoms with Gasteiger partial charge in [-0.3, -0.25) is 0 Å². The summed E-state index contributed by atoms with van der Waals surface area (Å²) in [6.07, 6.45) is 2.34. The highest BCUT2D eigenvalue weighted by Gasteiger charge is 2.39. The largest absolute Gasteiger partial charge is 0.395 e. The highest BCUT2D eigenvalue weighted by atomic mass is 32.2. The summed E-state index contributed by atoms with van der Waals surface area (Å²) in [5, 5.41) is 11.9. The van der Waals surface area contributed by atoms with Crippen LogP contribution in [0.2, 0.25) is 0 Å². The van der Waals surface area contributed by atoms with Crippen molar-refractivity contribution in [3.8, 4) is 0 Å². The van der Waals surface area contributed by atoms with E-state index < -0.39 is 10.0 Å². The Morgan fingerprint density at radius 3 is 2.80 bits per heavy atom. The summed E-state index contributed by atoms with van der Waals surface area (Å²) < 4.78 is 25.9. The smallest absolute Gasteiger partial charge is 0.218 e. The molecule has 0 spiro atoms. The van der Waals surface area contributed by atoms with E-state index in [0.29, 0.717) is 19.5 Å². The predicted molar refractivity (Wildman–Crippen MR) is 57.0 cm³/mol. The maximum atomic E-state index is 12.2. The summed E-state index contributed by atoms with van der Waals surface area (Å²) in [6, 6.07) is -0.185. The first kappa shape index (κ1) is 11.3. The molecule has 2 heterocycles. The van der Waals surface area contributed by atoms with Crippen molar-refractivity contribution < 1.29 is 13.5 Å². The molecular formula is C9H18N2O3S. The maximum Gasteiger partial charge on any atom is 0.218 e. The second kappa shape index (κ2) is 4.37. The molecule has 2 rings (SSSR count). The Balaban J connectivity index is 2.13. The van der Waals surface area contributed by atoms with Gasteiger partial charge in [-0.25, -0.2) is 8.42 Å². The zero-order chi connectivity index (χ0) is 10.9. The molecule has 2 aliphatic rings. The fourth-order valence-electron chi connectivity index (χ4n) is 2.40. The standard InChI is InChI=1S/C9H18N2O3S/c12-7-8-2-1-5-11(8)15(13,14)9-3-4-10-6-9/h8-10,12H,1-7H2. The van der Waals surface area contributed by atoms with Gasteiger partial charge in [-0.2, -0.15) is 4.31 Å². The second-order valence-electron chi connectivity index (χ2n) is 4.25. The van der Waals surface area contributed by atoms with E-state index in [2.05, 4.69) is 5.32 Å². The van der Waals surface area contributed by atoms with E-state index >= 15 is 0 Å². The summed E-state index contributed by atoms with van der Waals surface area (Å²) in [6.45, 7) is 1.85. The number of hydrogen-bond donors (Lipinski definition) is 2. The van der Waals surface area contributed by atoms with Crippen molar-refractivity contribution in [1.82, 2.24) is 9.62 Å². The third-order valence-electron chi connectivity index (χ3n) is 3.30. The van der Waals surface area contributed by atoms with Crippen molar-refractivity contribution in [3.63, 3.8) is 0 Å². The van der Waals surface area contributed by atoms with Crippen molar-refractivity contribution in [2.45, 2.75) is 30.6 Å². The number of hydrogen-bond acceptors (Lipinski definition) is 4. The van der Waals surface area contributed by atoms with Gasteiger partial charge in [-0.1, -0.05) is 0 Å². The molecule has 2 atom stereocenters. The van der Waals surface area contributed by atoms with Crippen molar-refractivity contribution in [2.24, 2.45) is 0 Å². The van der Waals surface area contributed by atoms with Crippen LogP contribution in [-0.4, -0.2) is 55.4 Å². The first-order valence-corrected chi connectivity index (χ1v) is 6.99. The molecule has 0 aromatic rings. The van der Waals surface area contributed by atoms with Crippen LogP contribution in [0.15, 0.2) is 0 Å². The number of aliphatic hydroxyl groups is 1. The van der Waals surface area contributed by atoms with Crippen molar-refractivity contribution >= 4 is 10.0 Å². The lowest BCUT2D eigenvalue weighted by atomic mass is 10.2. The molecule has 88 valence electrons. The Kier molecular flexibility index (Phi) is 3.30. The van der Waals surface area contributed by atoms with Gasteiger partial charge in [0.2, 0.25) is 10.0 Å². The summed E-state index contributed by atoms with van der Waals surface area (Å²) in [7, 11) is -3.19. The minimum absolute atomic E-state index is 0.0562. The van der Waals surface area contributed by atoms with Gasteiger partial charge in [0.05, 0.1) is 11.9 Å². The maximum absolute atomic E-state index is 12.2. The highest BCUT2D eigenvalue weighted by Crippen LogP contribution is 2.25. The van der Waals surface area contributed by atoms with Gasteiger partial charge in [0.1, 0.15) is 0 Å². The molecule has 5 nitrogen and oxygen atoms in total. The molecule has 2 fully saturated rings. The highest BCUT2D eigenvalue weighted by molar-refractivity contribution is 7.89. The third kappa shape index (κ3) is 2.04. The molecule has 0 radical (unpaired) electrons. The van der Waals surface area contributed by atoms with E-state index in [0.717, 1.165) is 19.4 Å². The Bertz CT molecular complexity index is 311. The number of nitrogens with zero attached hydrogens (tertiary/aromatic N) is 1. The quantitative estimate of drug-likeness (QED) is 0.666. The third-order valence-corrected chi connectivity index (χ3v) is 5.68. The van der Waals surface area contributed by atoms with Crippen molar-refractivity contribution in [1.29, 1.82) is 0 Å². The van der Waals surface area contributed by atoms with Gasteiger partial charge in [0, 0.05) is 19.1 Å². The topological polar surface area (TPSA) is 69.6 Å². The van der Waals surface area contributed by atoms with Crippen LogP contribution >= 0.6 is 0 Å². The summed E-state index contributed by atoms with van der Waals surface area (Å²) in [4.78, 5) is 0. The van der Waals surface area contributed by atoms with Crippen LogP contribution in [0, 0.1) is 0 Å². The molecule has 0 amide bonds. The Morgan fingerprint density at radius 1 is 1.40 bits per heavy atom. The van der Waals surface area contributed by atoms with Gasteiger partial charge in [-0.15, -0.1) is 0 Å². The van der Waals surface area contributed by atoms with Gasteiger partial charge in [0.25, 0.3) is 0 Å². The Labute approximate surface area is 90.5 Å². The minimum atomic E-state index is -3.19. The first-order valence-electron chi connectivity index (χ1n) is 5.48. The molecule has 2 unspecified atom stereocenters. The molecule has 15 heavy (non-hydrogen) atoms. The minimum Gasteiger partial charge on any atom is -0.395 e. The first-order chi connectivity index (χ1) is 7.16. The Morgan fingerprint density at radius 2 is 2.20 bits per heavy atom. The second-order valence-corrected chi connectivity index (χ2v) is 6.41. The molecule has 2 saturated heterocycles. The molecule has 2 N–H and O–H groups in total. The van der Waals surface area contributed by atoms with Gasteiger partial charge in [0.15, 0.2) is 0 Å². The van der Waals surface area contributed by atoms with Gasteiger partial charge >= 0.3 is 0 Å². The molecule has 2 aliphatic heterocycles. The molecule has 0 aromatic carbocycles. The zero-order valence-electron chi connectivity index (χ0n) is 8.72. The van der Waals surface area contributed by atoms with Crippen molar-refractivity contribution in [3.05, 3.63) is 0 Å². The van der Waals surface area contributed by atoms with E-state index in [1.807, 2.05) is 0 Å². The molecule has 0 aliphatic carbocycles. The van der Waals surface area contributed by atoms with E-state index in [4.69, 9.17) is 5.11 Å². The van der Waals surface area contributed by atoms with Crippen LogP contribution in [-0.2, 0) is 10.0 Å².